The minimum atomic E-state index is -0.182. The number of amides is 2. The first kappa shape index (κ1) is 16.7. The molecule has 26 heavy (non-hydrogen) atoms. The Bertz CT molecular complexity index is 846. The quantitative estimate of drug-likeness (QED) is 0.849. The molecule has 4 rings (SSSR count). The Morgan fingerprint density at radius 3 is 2.73 bits per heavy atom. The minimum absolute atomic E-state index is 0.182. The van der Waals surface area contributed by atoms with Crippen LogP contribution in [0, 0.1) is 0 Å². The molecule has 0 saturated heterocycles. The standard InChI is InChI=1S/C20H20N4OS/c25-19(21-11-10-15-4-2-1-3-5-15)23-17-8-6-16(7-9-17)18-14-26-20-22-12-13-24(18)20/h1-9,14H,10-13H2,(H2,21,23,25). The van der Waals surface area contributed by atoms with Crippen LogP contribution < -0.4 is 10.6 Å². The smallest absolute Gasteiger partial charge is 0.319 e. The van der Waals surface area contributed by atoms with Crippen molar-refractivity contribution in [3.05, 3.63) is 71.1 Å². The van der Waals surface area contributed by atoms with Crippen molar-refractivity contribution < 1.29 is 4.79 Å². The summed E-state index contributed by atoms with van der Waals surface area (Å²) in [6, 6.07) is 17.9. The van der Waals surface area contributed by atoms with Crippen LogP contribution in [0.4, 0.5) is 10.5 Å². The second kappa shape index (κ2) is 7.66. The molecule has 0 fully saturated rings. The zero-order valence-corrected chi connectivity index (χ0v) is 15.1. The van der Waals surface area contributed by atoms with Gasteiger partial charge in [-0.05, 0) is 29.7 Å². The van der Waals surface area contributed by atoms with E-state index in [4.69, 9.17) is 0 Å². The van der Waals surface area contributed by atoms with Crippen LogP contribution in [-0.2, 0) is 6.42 Å². The van der Waals surface area contributed by atoms with E-state index < -0.39 is 0 Å². The highest BCUT2D eigenvalue weighted by Crippen LogP contribution is 2.35. The van der Waals surface area contributed by atoms with Crippen LogP contribution >= 0.6 is 11.8 Å². The predicted molar refractivity (Wildman–Crippen MR) is 108 cm³/mol. The van der Waals surface area contributed by atoms with Gasteiger partial charge in [-0.1, -0.05) is 54.2 Å². The van der Waals surface area contributed by atoms with Crippen molar-refractivity contribution in [1.29, 1.82) is 0 Å². The number of urea groups is 1. The largest absolute Gasteiger partial charge is 0.338 e. The SMILES string of the molecule is O=C(NCCc1ccccc1)Nc1ccc(C2=CSC3=NCCN23)cc1. The Labute approximate surface area is 157 Å². The van der Waals surface area contributed by atoms with Gasteiger partial charge in [-0.2, -0.15) is 0 Å². The average Bonchev–Trinajstić information content (AvgIpc) is 3.27. The maximum atomic E-state index is 12.0. The lowest BCUT2D eigenvalue weighted by molar-refractivity contribution is 0.252. The van der Waals surface area contributed by atoms with Gasteiger partial charge in [0.05, 0.1) is 12.2 Å². The Kier molecular flexibility index (Phi) is 4.93. The maximum absolute atomic E-state index is 12.0. The number of amidine groups is 1. The van der Waals surface area contributed by atoms with E-state index in [1.165, 1.54) is 11.3 Å². The third-order valence-corrected chi connectivity index (χ3v) is 5.25. The summed E-state index contributed by atoms with van der Waals surface area (Å²) in [4.78, 5) is 18.7. The molecule has 0 atom stereocenters. The van der Waals surface area contributed by atoms with E-state index in [0.717, 1.165) is 35.9 Å². The summed E-state index contributed by atoms with van der Waals surface area (Å²) >= 11 is 1.67. The molecule has 132 valence electrons. The first-order chi connectivity index (χ1) is 12.8. The second-order valence-electron chi connectivity index (χ2n) is 6.13. The molecule has 2 aromatic carbocycles. The Morgan fingerprint density at radius 2 is 1.92 bits per heavy atom. The fraction of sp³-hybridized carbons (Fsp3) is 0.200. The van der Waals surface area contributed by atoms with Gasteiger partial charge in [0, 0.05) is 24.2 Å². The molecule has 2 aliphatic rings. The van der Waals surface area contributed by atoms with Gasteiger partial charge in [0.25, 0.3) is 0 Å². The third-order valence-electron chi connectivity index (χ3n) is 4.35. The van der Waals surface area contributed by atoms with Crippen molar-refractivity contribution in [2.24, 2.45) is 4.99 Å². The number of anilines is 1. The van der Waals surface area contributed by atoms with E-state index in [1.54, 1.807) is 11.8 Å². The monoisotopic (exact) mass is 364 g/mol. The van der Waals surface area contributed by atoms with Crippen LogP contribution in [0.25, 0.3) is 5.70 Å². The number of benzene rings is 2. The van der Waals surface area contributed by atoms with E-state index in [9.17, 15) is 4.79 Å². The van der Waals surface area contributed by atoms with Gasteiger partial charge in [-0.15, -0.1) is 0 Å². The number of nitrogens with one attached hydrogen (secondary N) is 2. The summed E-state index contributed by atoms with van der Waals surface area (Å²) in [7, 11) is 0. The summed E-state index contributed by atoms with van der Waals surface area (Å²) in [5.74, 6) is 0. The second-order valence-corrected chi connectivity index (χ2v) is 6.97. The molecule has 2 aliphatic heterocycles. The molecule has 2 amide bonds. The van der Waals surface area contributed by atoms with Crippen LogP contribution in [0.1, 0.15) is 11.1 Å². The van der Waals surface area contributed by atoms with Gasteiger partial charge in [0.1, 0.15) is 0 Å². The molecular formula is C20H20N4OS. The van der Waals surface area contributed by atoms with Crippen molar-refractivity contribution in [2.75, 3.05) is 25.0 Å². The highest BCUT2D eigenvalue weighted by Gasteiger charge is 2.26. The molecule has 0 radical (unpaired) electrons. The topological polar surface area (TPSA) is 56.7 Å². The van der Waals surface area contributed by atoms with Crippen molar-refractivity contribution in [2.45, 2.75) is 6.42 Å². The van der Waals surface area contributed by atoms with Crippen molar-refractivity contribution in [3.63, 3.8) is 0 Å². The highest BCUT2D eigenvalue weighted by molar-refractivity contribution is 8.16. The zero-order valence-electron chi connectivity index (χ0n) is 14.3. The number of carbonyl (C=O) groups excluding carboxylic acids is 1. The molecule has 0 aliphatic carbocycles. The Balaban J connectivity index is 1.29. The molecule has 0 spiro atoms. The van der Waals surface area contributed by atoms with Crippen LogP contribution in [0.2, 0.25) is 0 Å². The number of nitrogens with zero attached hydrogens (tertiary/aromatic N) is 2. The number of thioether (sulfide) groups is 1. The number of aliphatic imine (C=N–C) groups is 1. The van der Waals surface area contributed by atoms with E-state index >= 15 is 0 Å². The van der Waals surface area contributed by atoms with Gasteiger partial charge in [0.15, 0.2) is 5.17 Å². The molecule has 0 saturated carbocycles. The maximum Gasteiger partial charge on any atom is 0.319 e. The number of carbonyl (C=O) groups is 1. The van der Waals surface area contributed by atoms with E-state index in [-0.39, 0.29) is 6.03 Å². The van der Waals surface area contributed by atoms with Gasteiger partial charge >= 0.3 is 6.03 Å². The summed E-state index contributed by atoms with van der Waals surface area (Å²) in [5, 5.41) is 8.99. The molecule has 0 aromatic heterocycles. The molecule has 0 bridgehead atoms. The van der Waals surface area contributed by atoms with Gasteiger partial charge < -0.3 is 15.5 Å². The van der Waals surface area contributed by atoms with E-state index in [1.807, 2.05) is 42.5 Å². The number of rotatable bonds is 5. The summed E-state index contributed by atoms with van der Waals surface area (Å²) in [6.45, 7) is 2.41. The van der Waals surface area contributed by atoms with E-state index in [2.05, 4.69) is 38.1 Å². The predicted octanol–water partition coefficient (Wildman–Crippen LogP) is 3.77. The normalized spacial score (nSPS) is 15.3. The lowest BCUT2D eigenvalue weighted by Crippen LogP contribution is -2.30. The number of hydrogen-bond donors (Lipinski definition) is 2. The number of fused-ring (bicyclic) bond motifs is 1. The fourth-order valence-electron chi connectivity index (χ4n) is 3.01. The molecule has 5 nitrogen and oxygen atoms in total. The molecule has 2 heterocycles. The fourth-order valence-corrected chi connectivity index (χ4v) is 3.97. The number of hydrogen-bond acceptors (Lipinski definition) is 4. The van der Waals surface area contributed by atoms with Crippen molar-refractivity contribution in [3.8, 4) is 0 Å². The lowest BCUT2D eigenvalue weighted by atomic mass is 10.1. The van der Waals surface area contributed by atoms with Crippen molar-refractivity contribution >= 4 is 34.3 Å². The lowest BCUT2D eigenvalue weighted by Gasteiger charge is -2.17. The minimum Gasteiger partial charge on any atom is -0.338 e. The Morgan fingerprint density at radius 1 is 1.12 bits per heavy atom. The molecule has 2 aromatic rings. The van der Waals surface area contributed by atoms with Crippen LogP contribution in [0.15, 0.2) is 65.0 Å². The molecule has 6 heteroatoms. The van der Waals surface area contributed by atoms with E-state index in [0.29, 0.717) is 6.54 Å². The van der Waals surface area contributed by atoms with Crippen LogP contribution in [0.3, 0.4) is 0 Å². The molecular weight excluding hydrogens is 344 g/mol. The zero-order chi connectivity index (χ0) is 17.8. The molecule has 2 N–H and O–H groups in total. The average molecular weight is 364 g/mol. The third kappa shape index (κ3) is 3.75. The molecule has 0 unspecified atom stereocenters. The van der Waals surface area contributed by atoms with Gasteiger partial charge in [-0.25, -0.2) is 4.79 Å². The highest BCUT2D eigenvalue weighted by atomic mass is 32.2. The first-order valence-corrected chi connectivity index (χ1v) is 9.55. The van der Waals surface area contributed by atoms with Crippen LogP contribution in [0.5, 0.6) is 0 Å². The van der Waals surface area contributed by atoms with Crippen LogP contribution in [-0.4, -0.2) is 35.7 Å². The van der Waals surface area contributed by atoms with Gasteiger partial charge in [0.2, 0.25) is 0 Å². The summed E-state index contributed by atoms with van der Waals surface area (Å²) in [5.41, 5.74) is 4.32. The summed E-state index contributed by atoms with van der Waals surface area (Å²) < 4.78 is 0. The van der Waals surface area contributed by atoms with Gasteiger partial charge in [-0.3, -0.25) is 4.99 Å². The first-order valence-electron chi connectivity index (χ1n) is 8.68. The Hall–Kier alpha value is -2.73. The summed E-state index contributed by atoms with van der Waals surface area (Å²) in [6.07, 6.45) is 0.818. The van der Waals surface area contributed by atoms with Crippen molar-refractivity contribution in [1.82, 2.24) is 10.2 Å².